The molecular formula is C38H67N2O26PS. The van der Waals surface area contributed by atoms with Gasteiger partial charge in [0.25, 0.3) is 0 Å². The Morgan fingerprint density at radius 1 is 0.603 bits per heavy atom. The number of nitrogens with one attached hydrogen (secondary N) is 2. The number of unbranched alkanes of at least 4 members (excludes halogenated alkanes) is 5. The van der Waals surface area contributed by atoms with E-state index in [9.17, 15) is 84.9 Å². The van der Waals surface area contributed by atoms with E-state index < -0.39 is 168 Å². The van der Waals surface area contributed by atoms with Gasteiger partial charge in [-0.2, -0.15) is 0 Å². The van der Waals surface area contributed by atoms with Gasteiger partial charge in [-0.3, -0.25) is 18.9 Å². The summed E-state index contributed by atoms with van der Waals surface area (Å²) in [4.78, 5) is 55.1. The molecule has 4 saturated heterocycles. The Bertz CT molecular complexity index is 1610. The van der Waals surface area contributed by atoms with E-state index >= 15 is 0 Å². The van der Waals surface area contributed by atoms with Crippen molar-refractivity contribution in [2.24, 2.45) is 0 Å². The summed E-state index contributed by atoms with van der Waals surface area (Å²) in [5.41, 5.74) is 0. The average Bonchev–Trinajstić information content (AvgIpc) is 3.29. The minimum atomic E-state index is -5.30. The molecule has 28 nitrogen and oxygen atoms in total. The third kappa shape index (κ3) is 16.6. The van der Waals surface area contributed by atoms with Crippen LogP contribution in [0.15, 0.2) is 0 Å². The predicted octanol–water partition coefficient (Wildman–Crippen LogP) is -6.73. The number of methoxy groups -OCH3 is 1. The highest BCUT2D eigenvalue weighted by Gasteiger charge is 2.53. The molecule has 2 amide bonds. The molecule has 0 aliphatic carbocycles. The molecule has 4 rings (SSSR count). The number of ether oxygens (including phenoxy) is 8. The maximum atomic E-state index is 13.0. The first-order valence-electron chi connectivity index (χ1n) is 21.9. The maximum absolute atomic E-state index is 13.0. The quantitative estimate of drug-likeness (QED) is 0.0230. The van der Waals surface area contributed by atoms with Gasteiger partial charge in [-0.1, -0.05) is 25.7 Å². The van der Waals surface area contributed by atoms with Gasteiger partial charge in [-0.15, -0.1) is 11.8 Å². The Morgan fingerprint density at radius 3 is 1.72 bits per heavy atom. The molecule has 0 unspecified atom stereocenters. The van der Waals surface area contributed by atoms with E-state index in [1.54, 1.807) is 0 Å². The monoisotopic (exact) mass is 1030 g/mol. The second kappa shape index (κ2) is 27.8. The molecule has 30 heteroatoms. The van der Waals surface area contributed by atoms with Crippen molar-refractivity contribution < 1.29 is 127 Å². The third-order valence-corrected chi connectivity index (χ3v) is 13.0. The van der Waals surface area contributed by atoms with E-state index in [2.05, 4.69) is 19.9 Å². The molecule has 0 bridgehead atoms. The van der Waals surface area contributed by atoms with E-state index in [1.165, 1.54) is 7.11 Å². The Hall–Kier alpha value is -1.85. The van der Waals surface area contributed by atoms with E-state index in [0.29, 0.717) is 19.3 Å². The number of aliphatic hydroxyl groups excluding tert-OH is 11. The van der Waals surface area contributed by atoms with Crippen molar-refractivity contribution in [2.75, 3.05) is 45.0 Å². The molecule has 0 spiro atoms. The Kier molecular flexibility index (Phi) is 24.0. The summed E-state index contributed by atoms with van der Waals surface area (Å²) >= 11 is 0.755. The molecule has 15 N–H and O–H groups in total. The second-order valence-electron chi connectivity index (χ2n) is 16.6. The summed E-state index contributed by atoms with van der Waals surface area (Å²) in [6, 6.07) is -3.30. The van der Waals surface area contributed by atoms with Gasteiger partial charge in [0.2, 0.25) is 11.8 Å². The lowest BCUT2D eigenvalue weighted by Gasteiger charge is -2.47. The molecule has 0 saturated carbocycles. The number of esters is 1. The van der Waals surface area contributed by atoms with Crippen LogP contribution in [0, 0.1) is 0 Å². The van der Waals surface area contributed by atoms with Crippen molar-refractivity contribution in [2.45, 2.75) is 175 Å². The zero-order valence-corrected chi connectivity index (χ0v) is 38.9. The Labute approximate surface area is 394 Å². The van der Waals surface area contributed by atoms with Gasteiger partial charge in [0.1, 0.15) is 91.4 Å². The molecular weight excluding hydrogens is 963 g/mol. The fourth-order valence-electron chi connectivity index (χ4n) is 7.78. The number of phosphoric acid groups is 1. The van der Waals surface area contributed by atoms with E-state index in [0.717, 1.165) is 44.4 Å². The number of rotatable bonds is 25. The van der Waals surface area contributed by atoms with Crippen LogP contribution >= 0.6 is 19.6 Å². The molecule has 4 aliphatic rings. The zero-order valence-electron chi connectivity index (χ0n) is 37.2. The number of amides is 2. The van der Waals surface area contributed by atoms with Crippen LogP contribution in [0.1, 0.15) is 51.9 Å². The maximum Gasteiger partial charge on any atom is 0.472 e. The first kappa shape index (κ1) is 58.7. The third-order valence-electron chi connectivity index (χ3n) is 11.5. The van der Waals surface area contributed by atoms with Crippen molar-refractivity contribution in [3.63, 3.8) is 0 Å². The molecule has 4 fully saturated rings. The van der Waals surface area contributed by atoms with Gasteiger partial charge in [-0.25, -0.2) is 4.57 Å². The van der Waals surface area contributed by atoms with Crippen LogP contribution in [0.3, 0.4) is 0 Å². The highest BCUT2D eigenvalue weighted by Crippen LogP contribution is 2.41. The molecule has 20 atom stereocenters. The highest BCUT2D eigenvalue weighted by atomic mass is 32.2. The minimum absolute atomic E-state index is 0.0819. The number of aliphatic hydroxyl groups is 11. The summed E-state index contributed by atoms with van der Waals surface area (Å²) in [5.74, 6) is -2.79. The van der Waals surface area contributed by atoms with Crippen LogP contribution < -0.4 is 10.6 Å². The van der Waals surface area contributed by atoms with Crippen LogP contribution in [0.5, 0.6) is 0 Å². The molecule has 0 aromatic carbocycles. The van der Waals surface area contributed by atoms with Crippen LogP contribution in [-0.2, 0) is 61.4 Å². The van der Waals surface area contributed by atoms with Gasteiger partial charge in [0.15, 0.2) is 25.2 Å². The fourth-order valence-corrected chi connectivity index (χ4v) is 9.13. The smallest absolute Gasteiger partial charge is 0.469 e. The van der Waals surface area contributed by atoms with Crippen molar-refractivity contribution in [3.05, 3.63) is 0 Å². The van der Waals surface area contributed by atoms with E-state index in [-0.39, 0.29) is 18.3 Å². The van der Waals surface area contributed by atoms with Gasteiger partial charge in [0, 0.05) is 25.7 Å². The SMILES string of the molecule is COC(=O)CCCCCCCCO[C@@H]1O[C@H](CO[C@H]2O[C@H](CSCC(=O)N[C@H]3[C@@H](OP(=O)(O)O)O[C@H](CO)[C@@H](O)[C@@H]3O)[C@@H](O)[C@H](O)[C@@H]2O[C@@H]2O[C@H](CO)[C@@H](O)[C@H](O)[C@H]2NC(C)=O)[C@@H](O)[C@H](O)[C@@H]1O. The van der Waals surface area contributed by atoms with Crippen LogP contribution in [-0.4, -0.2) is 251 Å². The Morgan fingerprint density at radius 2 is 1.13 bits per heavy atom. The van der Waals surface area contributed by atoms with Gasteiger partial charge < -0.3 is 114 Å². The molecule has 0 aromatic heterocycles. The first-order chi connectivity index (χ1) is 32.1. The van der Waals surface area contributed by atoms with Crippen molar-refractivity contribution >= 4 is 37.4 Å². The van der Waals surface area contributed by atoms with Gasteiger partial charge in [0.05, 0.1) is 38.8 Å². The molecule has 68 heavy (non-hydrogen) atoms. The first-order valence-corrected chi connectivity index (χ1v) is 24.6. The van der Waals surface area contributed by atoms with E-state index in [1.807, 2.05) is 0 Å². The average molecular weight is 1030 g/mol. The van der Waals surface area contributed by atoms with Crippen LogP contribution in [0.2, 0.25) is 0 Å². The molecule has 0 radical (unpaired) electrons. The zero-order chi connectivity index (χ0) is 50.5. The lowest BCUT2D eigenvalue weighted by atomic mass is 9.96. The number of thioether (sulfide) groups is 1. The number of carbonyl (C=O) groups is 3. The summed E-state index contributed by atoms with van der Waals surface area (Å²) in [6.07, 6.45) is -26.5. The molecule has 4 aliphatic heterocycles. The summed E-state index contributed by atoms with van der Waals surface area (Å²) in [5, 5.41) is 121. The van der Waals surface area contributed by atoms with Crippen LogP contribution in [0.25, 0.3) is 0 Å². The van der Waals surface area contributed by atoms with Crippen molar-refractivity contribution in [1.29, 1.82) is 0 Å². The number of hydrogen-bond acceptors (Lipinski definition) is 25. The number of hydrogen-bond donors (Lipinski definition) is 15. The van der Waals surface area contributed by atoms with Crippen molar-refractivity contribution in [3.8, 4) is 0 Å². The lowest BCUT2D eigenvalue weighted by molar-refractivity contribution is -0.360. The summed E-state index contributed by atoms with van der Waals surface area (Å²) in [7, 11) is -3.98. The normalized spacial score (nSPS) is 39.0. The van der Waals surface area contributed by atoms with Gasteiger partial charge in [-0.05, 0) is 12.8 Å². The Balaban J connectivity index is 1.45. The number of carbonyl (C=O) groups excluding carboxylic acids is 3. The van der Waals surface area contributed by atoms with Crippen molar-refractivity contribution in [1.82, 2.24) is 10.6 Å². The molecule has 0 aromatic rings. The van der Waals surface area contributed by atoms with Gasteiger partial charge >= 0.3 is 13.8 Å². The fraction of sp³-hybridized carbons (Fsp3) is 0.921. The minimum Gasteiger partial charge on any atom is -0.469 e. The molecule has 396 valence electrons. The number of phosphoric ester groups is 1. The van der Waals surface area contributed by atoms with E-state index in [4.69, 9.17) is 33.2 Å². The largest absolute Gasteiger partial charge is 0.472 e. The highest BCUT2D eigenvalue weighted by molar-refractivity contribution is 8.00. The molecule has 4 heterocycles. The summed E-state index contributed by atoms with van der Waals surface area (Å²) < 4.78 is 60.9. The van der Waals surface area contributed by atoms with Crippen LogP contribution in [0.4, 0.5) is 0 Å². The second-order valence-corrected chi connectivity index (χ2v) is 18.9. The topological polar surface area (TPSA) is 438 Å². The lowest BCUT2D eigenvalue weighted by Crippen LogP contribution is -2.67. The summed E-state index contributed by atoms with van der Waals surface area (Å²) in [6.45, 7) is -1.25. The predicted molar refractivity (Wildman–Crippen MR) is 224 cm³/mol. The standard InChI is InChI=1S/C38H67N2O26PS/c1-16(43)39-23-29(50)25(46)17(11-41)61-35(23)65-34-32(53)28(49)20(14-68-15-21(44)40-24-30(51)26(47)18(12-42)62-36(24)66-67(55,56)57)64-38(34)60-13-19-27(48)31(52)33(54)37(63-19)59-10-8-6-4-3-5-7-9-22(45)58-2/h17-20,23-38,41-42,46-54H,3-15H2,1-2H3,(H,39,43)(H,40,44)(H2,55,56,57)/t17-,18-,19-,20-,23-,24-,25-,26-,27-,28-,29-,30-,31+,32+,33+,34+,35+,36-,37-,38+/m1/s1.